The molecule has 2 heterocycles. The van der Waals surface area contributed by atoms with E-state index in [1.165, 1.54) is 49.4 Å². The number of rotatable bonds is 10. The number of ether oxygens (including phenoxy) is 1. The van der Waals surface area contributed by atoms with Crippen LogP contribution in [0.2, 0.25) is 0 Å². The number of aromatic amines is 1. The standard InChI is InChI=1S/C24H21F4N7O4S/c1-2-40(37,38)35-16-8-5-14(11-17(16)39-12-13-3-6-15(25)7-4-13)20-19(21(29)36)22(34-33-20)31-18-9-10-30-23(32-18)24(26,27)28/h3-11,35H,2,12H2,1H3,(H2,29,36)(H2,30,31,32,33,34). The molecular formula is C24H21F4N7O4S. The van der Waals surface area contributed by atoms with Crippen molar-refractivity contribution in [3.8, 4) is 17.0 Å². The Hall–Kier alpha value is -4.73. The van der Waals surface area contributed by atoms with Crippen molar-refractivity contribution in [1.29, 1.82) is 0 Å². The van der Waals surface area contributed by atoms with Crippen molar-refractivity contribution >= 4 is 33.3 Å². The van der Waals surface area contributed by atoms with E-state index in [-0.39, 0.29) is 52.3 Å². The second-order valence-electron chi connectivity index (χ2n) is 8.21. The summed E-state index contributed by atoms with van der Waals surface area (Å²) < 4.78 is 84.9. The van der Waals surface area contributed by atoms with E-state index in [0.29, 0.717) is 5.56 Å². The monoisotopic (exact) mass is 579 g/mol. The number of sulfonamides is 1. The molecule has 16 heteroatoms. The molecule has 0 saturated heterocycles. The Kier molecular flexibility index (Phi) is 7.90. The summed E-state index contributed by atoms with van der Waals surface area (Å²) in [5, 5.41) is 9.14. The minimum absolute atomic E-state index is 0.00312. The number of nitrogens with zero attached hydrogens (tertiary/aromatic N) is 3. The highest BCUT2D eigenvalue weighted by Crippen LogP contribution is 2.35. The lowest BCUT2D eigenvalue weighted by Gasteiger charge is -2.15. The fourth-order valence-corrected chi connectivity index (χ4v) is 4.08. The van der Waals surface area contributed by atoms with E-state index >= 15 is 0 Å². The van der Waals surface area contributed by atoms with Gasteiger partial charge in [-0.05, 0) is 42.8 Å². The number of benzene rings is 2. The van der Waals surface area contributed by atoms with Crippen molar-refractivity contribution in [2.75, 3.05) is 15.8 Å². The lowest BCUT2D eigenvalue weighted by atomic mass is 10.1. The maximum absolute atomic E-state index is 13.3. The average molecular weight is 580 g/mol. The van der Waals surface area contributed by atoms with E-state index in [4.69, 9.17) is 10.5 Å². The Morgan fingerprint density at radius 3 is 2.50 bits per heavy atom. The summed E-state index contributed by atoms with van der Waals surface area (Å²) >= 11 is 0. The van der Waals surface area contributed by atoms with Crippen molar-refractivity contribution in [2.45, 2.75) is 19.7 Å². The fourth-order valence-electron chi connectivity index (χ4n) is 3.43. The highest BCUT2D eigenvalue weighted by molar-refractivity contribution is 7.92. The number of amides is 1. The number of halogens is 4. The van der Waals surface area contributed by atoms with Crippen LogP contribution in [0.25, 0.3) is 11.3 Å². The minimum Gasteiger partial charge on any atom is -0.487 e. The molecule has 0 aliphatic heterocycles. The SMILES string of the molecule is CCS(=O)(=O)Nc1ccc(-c2n[nH]c(Nc3ccnc(C(F)(F)F)n3)c2C(N)=O)cc1OCc1ccc(F)cc1. The first kappa shape index (κ1) is 28.3. The molecule has 0 saturated carbocycles. The Labute approximate surface area is 224 Å². The first-order valence-electron chi connectivity index (χ1n) is 11.4. The molecule has 0 aliphatic rings. The van der Waals surface area contributed by atoms with E-state index in [2.05, 4.69) is 30.2 Å². The number of carbonyl (C=O) groups is 1. The number of nitrogens with one attached hydrogen (secondary N) is 3. The summed E-state index contributed by atoms with van der Waals surface area (Å²) in [5.74, 6) is -3.40. The lowest BCUT2D eigenvalue weighted by Crippen LogP contribution is -2.16. The molecule has 1 amide bonds. The van der Waals surface area contributed by atoms with Crippen LogP contribution in [0.4, 0.5) is 34.9 Å². The minimum atomic E-state index is -4.80. The number of hydrogen-bond acceptors (Lipinski definition) is 8. The smallest absolute Gasteiger partial charge is 0.451 e. The van der Waals surface area contributed by atoms with Crippen LogP contribution in [0, 0.1) is 5.82 Å². The Balaban J connectivity index is 1.71. The van der Waals surface area contributed by atoms with E-state index < -0.39 is 33.7 Å². The molecule has 2 aromatic carbocycles. The summed E-state index contributed by atoms with van der Waals surface area (Å²) in [6.45, 7) is 1.39. The van der Waals surface area contributed by atoms with Gasteiger partial charge < -0.3 is 15.8 Å². The zero-order chi connectivity index (χ0) is 29.1. The van der Waals surface area contributed by atoms with Crippen molar-refractivity contribution in [3.63, 3.8) is 0 Å². The van der Waals surface area contributed by atoms with Gasteiger partial charge in [-0.3, -0.25) is 14.6 Å². The zero-order valence-corrected chi connectivity index (χ0v) is 21.4. The summed E-state index contributed by atoms with van der Waals surface area (Å²) in [5.41, 5.74) is 6.28. The van der Waals surface area contributed by atoms with Gasteiger partial charge in [0.25, 0.3) is 5.91 Å². The van der Waals surface area contributed by atoms with Gasteiger partial charge in [-0.1, -0.05) is 18.2 Å². The van der Waals surface area contributed by atoms with Gasteiger partial charge in [0.1, 0.15) is 41.1 Å². The van der Waals surface area contributed by atoms with Crippen molar-refractivity contribution in [1.82, 2.24) is 20.2 Å². The Morgan fingerprint density at radius 2 is 1.85 bits per heavy atom. The molecular weight excluding hydrogens is 558 g/mol. The van der Waals surface area contributed by atoms with Crippen LogP contribution in [0.5, 0.6) is 5.75 Å². The Bertz CT molecular complexity index is 1640. The lowest BCUT2D eigenvalue weighted by molar-refractivity contribution is -0.144. The van der Waals surface area contributed by atoms with Crippen LogP contribution in [-0.2, 0) is 22.8 Å². The maximum atomic E-state index is 13.3. The second-order valence-corrected chi connectivity index (χ2v) is 10.2. The van der Waals surface area contributed by atoms with Crippen LogP contribution >= 0.6 is 0 Å². The molecule has 0 atom stereocenters. The molecule has 0 unspecified atom stereocenters. The molecule has 0 bridgehead atoms. The highest BCUT2D eigenvalue weighted by atomic mass is 32.2. The van der Waals surface area contributed by atoms with Crippen LogP contribution < -0.4 is 20.5 Å². The summed E-state index contributed by atoms with van der Waals surface area (Å²) in [6.07, 6.45) is -3.91. The van der Waals surface area contributed by atoms with Gasteiger partial charge in [0.15, 0.2) is 0 Å². The molecule has 0 aliphatic carbocycles. The zero-order valence-electron chi connectivity index (χ0n) is 20.6. The first-order chi connectivity index (χ1) is 18.9. The van der Waals surface area contributed by atoms with Gasteiger partial charge in [-0.25, -0.2) is 22.8 Å². The normalized spacial score (nSPS) is 11.7. The quantitative estimate of drug-likeness (QED) is 0.203. The molecule has 4 aromatic rings. The topological polar surface area (TPSA) is 165 Å². The van der Waals surface area contributed by atoms with E-state index in [1.807, 2.05) is 0 Å². The highest BCUT2D eigenvalue weighted by Gasteiger charge is 2.35. The van der Waals surface area contributed by atoms with Crippen molar-refractivity contribution in [3.05, 3.63) is 77.5 Å². The predicted octanol–water partition coefficient (Wildman–Crippen LogP) is 4.21. The van der Waals surface area contributed by atoms with Crippen molar-refractivity contribution < 1.29 is 35.5 Å². The van der Waals surface area contributed by atoms with Crippen LogP contribution in [0.3, 0.4) is 0 Å². The van der Waals surface area contributed by atoms with E-state index in [1.54, 1.807) is 0 Å². The molecule has 11 nitrogen and oxygen atoms in total. The van der Waals surface area contributed by atoms with Gasteiger partial charge in [0, 0.05) is 11.8 Å². The molecule has 40 heavy (non-hydrogen) atoms. The number of nitrogens with two attached hydrogens (primary N) is 1. The molecule has 0 fully saturated rings. The first-order valence-corrected chi connectivity index (χ1v) is 13.1. The fraction of sp³-hybridized carbons (Fsp3) is 0.167. The van der Waals surface area contributed by atoms with E-state index in [0.717, 1.165) is 12.3 Å². The van der Waals surface area contributed by atoms with Crippen molar-refractivity contribution in [2.24, 2.45) is 5.73 Å². The largest absolute Gasteiger partial charge is 0.487 e. The van der Waals surface area contributed by atoms with Crippen LogP contribution in [0.1, 0.15) is 28.7 Å². The molecule has 2 aromatic heterocycles. The third-order valence-corrected chi connectivity index (χ3v) is 6.67. The number of aromatic nitrogens is 4. The number of alkyl halides is 3. The van der Waals surface area contributed by atoms with Gasteiger partial charge in [-0.2, -0.15) is 18.3 Å². The molecule has 210 valence electrons. The third-order valence-electron chi connectivity index (χ3n) is 5.38. The Morgan fingerprint density at radius 1 is 1.12 bits per heavy atom. The summed E-state index contributed by atoms with van der Waals surface area (Å²) in [7, 11) is -3.70. The number of hydrogen-bond donors (Lipinski definition) is 4. The van der Waals surface area contributed by atoms with Crippen LogP contribution in [-0.4, -0.2) is 40.2 Å². The second kappa shape index (κ2) is 11.2. The number of H-pyrrole nitrogens is 1. The average Bonchev–Trinajstić information content (AvgIpc) is 3.32. The summed E-state index contributed by atoms with van der Waals surface area (Å²) in [6, 6.07) is 10.8. The van der Waals surface area contributed by atoms with E-state index in [9.17, 15) is 30.8 Å². The number of primary amides is 1. The summed E-state index contributed by atoms with van der Waals surface area (Å²) in [4.78, 5) is 18.9. The van der Waals surface area contributed by atoms with Crippen LogP contribution in [0.15, 0.2) is 54.7 Å². The predicted molar refractivity (Wildman–Crippen MR) is 137 cm³/mol. The molecule has 5 N–H and O–H groups in total. The molecule has 0 spiro atoms. The molecule has 4 rings (SSSR count). The van der Waals surface area contributed by atoms with Gasteiger partial charge in [0.05, 0.1) is 11.4 Å². The third kappa shape index (κ3) is 6.63. The number of anilines is 3. The number of carbonyl (C=O) groups excluding carboxylic acids is 1. The van der Waals surface area contributed by atoms with Gasteiger partial charge in [0.2, 0.25) is 15.8 Å². The molecule has 0 radical (unpaired) electrons. The van der Waals surface area contributed by atoms with Gasteiger partial charge >= 0.3 is 6.18 Å². The maximum Gasteiger partial charge on any atom is 0.451 e. The van der Waals surface area contributed by atoms with Gasteiger partial charge in [-0.15, -0.1) is 0 Å².